The number of nitrogens with one attached hydrogen (secondary N) is 1. The van der Waals surface area contributed by atoms with Crippen LogP contribution in [0.25, 0.3) is 0 Å². The Balaban J connectivity index is 2.41. The summed E-state index contributed by atoms with van der Waals surface area (Å²) < 4.78 is 64.6. The summed E-state index contributed by atoms with van der Waals surface area (Å²) in [5, 5.41) is 7.84. The minimum atomic E-state index is -4.51. The van der Waals surface area contributed by atoms with Crippen molar-refractivity contribution in [1.82, 2.24) is 0 Å². The van der Waals surface area contributed by atoms with Crippen LogP contribution in [0.1, 0.15) is 0 Å². The molecular formula is C14H16N4O6S2. The topological polar surface area (TPSA) is 149 Å². The molecular weight excluding hydrogens is 384 g/mol. The van der Waals surface area contributed by atoms with Gasteiger partial charge in [-0.1, -0.05) is 6.07 Å². The molecule has 0 radical (unpaired) electrons. The average molecular weight is 400 g/mol. The van der Waals surface area contributed by atoms with Crippen LogP contribution in [0.15, 0.2) is 57.6 Å². The fraction of sp³-hybridized carbons (Fsp3) is 0.143. The molecule has 0 aliphatic carbocycles. The molecule has 0 unspecified atom stereocenters. The third-order valence-electron chi connectivity index (χ3n) is 3.12. The summed E-state index contributed by atoms with van der Waals surface area (Å²) >= 11 is 0. The zero-order valence-corrected chi connectivity index (χ0v) is 15.4. The predicted molar refractivity (Wildman–Crippen MR) is 96.4 cm³/mol. The number of anilines is 2. The van der Waals surface area contributed by atoms with E-state index >= 15 is 0 Å². The summed E-state index contributed by atoms with van der Waals surface area (Å²) in [6.45, 7) is 0. The molecule has 26 heavy (non-hydrogen) atoms. The van der Waals surface area contributed by atoms with Crippen LogP contribution < -0.4 is 9.62 Å². The van der Waals surface area contributed by atoms with E-state index in [-0.39, 0.29) is 11.4 Å². The molecule has 12 heteroatoms. The monoisotopic (exact) mass is 400 g/mol. The molecule has 0 atom stereocenters. The summed E-state index contributed by atoms with van der Waals surface area (Å²) in [5.41, 5.74) is 0.785. The Hall–Kier alpha value is -2.54. The lowest BCUT2D eigenvalue weighted by atomic mass is 10.2. The number of nitrogens with zero attached hydrogens (tertiary/aromatic N) is 3. The van der Waals surface area contributed by atoms with E-state index in [4.69, 9.17) is 4.55 Å². The van der Waals surface area contributed by atoms with Crippen molar-refractivity contribution in [2.24, 2.45) is 10.2 Å². The summed E-state index contributed by atoms with van der Waals surface area (Å²) in [6.07, 6.45) is 0. The molecule has 2 aromatic carbocycles. The van der Waals surface area contributed by atoms with Gasteiger partial charge in [0.05, 0.1) is 17.1 Å². The van der Waals surface area contributed by atoms with E-state index in [1.54, 1.807) is 25.1 Å². The Morgan fingerprint density at radius 2 is 1.54 bits per heavy atom. The minimum Gasteiger partial charge on any atom is -0.376 e. The van der Waals surface area contributed by atoms with Gasteiger partial charge in [-0.15, -0.1) is 5.11 Å². The third kappa shape index (κ3) is 5.23. The second-order valence-electron chi connectivity index (χ2n) is 5.32. The molecule has 140 valence electrons. The van der Waals surface area contributed by atoms with Crippen LogP contribution in [0.4, 0.5) is 22.7 Å². The number of azo groups is 1. The van der Waals surface area contributed by atoms with Gasteiger partial charge in [0.15, 0.2) is 0 Å². The number of hydrogen-bond donors (Lipinski definition) is 3. The average Bonchev–Trinajstić information content (AvgIpc) is 2.51. The van der Waals surface area contributed by atoms with Gasteiger partial charge in [0.25, 0.3) is 10.1 Å². The second kappa shape index (κ2) is 7.37. The van der Waals surface area contributed by atoms with E-state index in [1.807, 2.05) is 4.72 Å². The summed E-state index contributed by atoms with van der Waals surface area (Å²) in [4.78, 5) is 1.22. The first kappa shape index (κ1) is 19.8. The van der Waals surface area contributed by atoms with Gasteiger partial charge >= 0.3 is 10.3 Å². The van der Waals surface area contributed by atoms with Gasteiger partial charge in [-0.25, -0.2) is 0 Å². The second-order valence-corrected chi connectivity index (χ2v) is 7.86. The van der Waals surface area contributed by atoms with Crippen molar-refractivity contribution in [2.45, 2.75) is 4.90 Å². The highest BCUT2D eigenvalue weighted by Crippen LogP contribution is 2.35. The SMILES string of the molecule is CN(C)c1cccc(S(=O)(=O)O)c1N=Nc1ccc(NS(=O)(=O)O)cc1. The molecule has 3 N–H and O–H groups in total. The van der Waals surface area contributed by atoms with Gasteiger partial charge in [0, 0.05) is 14.1 Å². The van der Waals surface area contributed by atoms with Crippen molar-refractivity contribution < 1.29 is 25.9 Å². The van der Waals surface area contributed by atoms with Crippen LogP contribution in [0.3, 0.4) is 0 Å². The van der Waals surface area contributed by atoms with Crippen molar-refractivity contribution in [3.8, 4) is 0 Å². The molecule has 0 amide bonds. The Bertz CT molecular complexity index is 1030. The minimum absolute atomic E-state index is 0.0415. The molecule has 0 aliphatic rings. The maximum atomic E-state index is 11.6. The molecule has 10 nitrogen and oxygen atoms in total. The van der Waals surface area contributed by atoms with Gasteiger partial charge < -0.3 is 4.90 Å². The Morgan fingerprint density at radius 3 is 2.04 bits per heavy atom. The van der Waals surface area contributed by atoms with Crippen molar-refractivity contribution in [1.29, 1.82) is 0 Å². The first-order chi connectivity index (χ1) is 12.0. The zero-order chi connectivity index (χ0) is 19.5. The van der Waals surface area contributed by atoms with Crippen molar-refractivity contribution in [3.63, 3.8) is 0 Å². The first-order valence-electron chi connectivity index (χ1n) is 7.02. The highest BCUT2D eigenvalue weighted by atomic mass is 32.2. The zero-order valence-electron chi connectivity index (χ0n) is 13.7. The largest absolute Gasteiger partial charge is 0.376 e. The van der Waals surface area contributed by atoms with E-state index in [2.05, 4.69) is 10.2 Å². The molecule has 0 saturated heterocycles. The lowest BCUT2D eigenvalue weighted by Gasteiger charge is -2.16. The van der Waals surface area contributed by atoms with Crippen molar-refractivity contribution in [2.75, 3.05) is 23.7 Å². The van der Waals surface area contributed by atoms with E-state index in [0.29, 0.717) is 11.4 Å². The van der Waals surface area contributed by atoms with Gasteiger partial charge in [-0.3, -0.25) is 13.8 Å². The van der Waals surface area contributed by atoms with Crippen LogP contribution in [0, 0.1) is 0 Å². The molecule has 0 aromatic heterocycles. The molecule has 2 rings (SSSR count). The smallest absolute Gasteiger partial charge is 0.357 e. The Morgan fingerprint density at radius 1 is 0.923 bits per heavy atom. The molecule has 0 fully saturated rings. The van der Waals surface area contributed by atoms with Crippen LogP contribution >= 0.6 is 0 Å². The van der Waals surface area contributed by atoms with Crippen LogP contribution in [-0.2, 0) is 20.4 Å². The van der Waals surface area contributed by atoms with Crippen LogP contribution in [0.2, 0.25) is 0 Å². The number of benzene rings is 2. The molecule has 0 heterocycles. The highest BCUT2D eigenvalue weighted by molar-refractivity contribution is 7.87. The molecule has 0 saturated carbocycles. The molecule has 0 bridgehead atoms. The normalized spacial score (nSPS) is 12.3. The Labute approximate surface area is 150 Å². The lowest BCUT2D eigenvalue weighted by Crippen LogP contribution is -2.10. The summed E-state index contributed by atoms with van der Waals surface area (Å²) in [6, 6.07) is 9.77. The third-order valence-corrected chi connectivity index (χ3v) is 4.50. The van der Waals surface area contributed by atoms with Crippen LogP contribution in [0.5, 0.6) is 0 Å². The predicted octanol–water partition coefficient (Wildman–Crippen LogP) is 2.63. The fourth-order valence-corrected chi connectivity index (χ4v) is 3.11. The van der Waals surface area contributed by atoms with Gasteiger partial charge in [0.1, 0.15) is 10.6 Å². The van der Waals surface area contributed by atoms with Crippen LogP contribution in [-0.4, -0.2) is 40.0 Å². The maximum Gasteiger partial charge on any atom is 0.357 e. The van der Waals surface area contributed by atoms with Gasteiger partial charge in [-0.2, -0.15) is 21.9 Å². The first-order valence-corrected chi connectivity index (χ1v) is 9.90. The van der Waals surface area contributed by atoms with Gasteiger partial charge in [-0.05, 0) is 36.4 Å². The quantitative estimate of drug-likeness (QED) is 0.498. The Kier molecular flexibility index (Phi) is 5.61. The number of hydrogen-bond acceptors (Lipinski definition) is 7. The van der Waals surface area contributed by atoms with E-state index < -0.39 is 25.3 Å². The van der Waals surface area contributed by atoms with E-state index in [9.17, 15) is 21.4 Å². The molecule has 0 spiro atoms. The van der Waals surface area contributed by atoms with Crippen molar-refractivity contribution in [3.05, 3.63) is 42.5 Å². The summed E-state index contributed by atoms with van der Waals surface area (Å²) in [5.74, 6) is 0. The lowest BCUT2D eigenvalue weighted by molar-refractivity contribution is 0.482. The van der Waals surface area contributed by atoms with Crippen molar-refractivity contribution >= 4 is 43.2 Å². The summed E-state index contributed by atoms with van der Waals surface area (Å²) in [7, 11) is -5.54. The van der Waals surface area contributed by atoms with E-state index in [0.717, 1.165) is 0 Å². The standard InChI is InChI=1S/C14H16N4O6S2/c1-18(2)12-4-3-5-13(25(19,20)21)14(12)16-15-10-6-8-11(9-7-10)17-26(22,23)24/h3-9,17H,1-2H3,(H,19,20,21)(H,22,23,24). The molecule has 0 aliphatic heterocycles. The fourth-order valence-electron chi connectivity index (χ4n) is 2.03. The number of rotatable bonds is 6. The van der Waals surface area contributed by atoms with Gasteiger partial charge in [0.2, 0.25) is 0 Å². The highest BCUT2D eigenvalue weighted by Gasteiger charge is 2.19. The molecule has 2 aromatic rings. The maximum absolute atomic E-state index is 11.6. The van der Waals surface area contributed by atoms with E-state index in [1.165, 1.54) is 36.4 Å².